The van der Waals surface area contributed by atoms with Crippen LogP contribution in [0.4, 0.5) is 0 Å². The molecule has 0 bridgehead atoms. The topological polar surface area (TPSA) is 29.1 Å². The first-order valence-electron chi connectivity index (χ1n) is 5.21. The van der Waals surface area contributed by atoms with E-state index in [0.717, 1.165) is 5.56 Å². The molecule has 0 radical (unpaired) electrons. The van der Waals surface area contributed by atoms with Crippen molar-refractivity contribution in [2.75, 3.05) is 12.4 Å². The number of alkyl halides is 1. The predicted octanol–water partition coefficient (Wildman–Crippen LogP) is 2.83. The van der Waals surface area contributed by atoms with Gasteiger partial charge in [-0.25, -0.2) is 0 Å². The van der Waals surface area contributed by atoms with Gasteiger partial charge in [-0.05, 0) is 37.1 Å². The zero-order chi connectivity index (χ0) is 12.0. The molecule has 0 aromatic heterocycles. The molecule has 3 heteroatoms. The molecular weight excluding hydrogens is 222 g/mol. The zero-order valence-electron chi connectivity index (χ0n) is 9.59. The van der Waals surface area contributed by atoms with Crippen molar-refractivity contribution in [3.63, 3.8) is 0 Å². The van der Waals surface area contributed by atoms with Gasteiger partial charge in [0.25, 0.3) is 5.91 Å². The van der Waals surface area contributed by atoms with Gasteiger partial charge < -0.3 is 5.32 Å². The van der Waals surface area contributed by atoms with Crippen molar-refractivity contribution in [3.05, 3.63) is 47.0 Å². The molecule has 1 amide bonds. The van der Waals surface area contributed by atoms with Crippen LogP contribution < -0.4 is 5.32 Å². The predicted molar refractivity (Wildman–Crippen MR) is 68.1 cm³/mol. The minimum absolute atomic E-state index is 0.0534. The van der Waals surface area contributed by atoms with Crippen LogP contribution in [-0.4, -0.2) is 18.3 Å². The van der Waals surface area contributed by atoms with Crippen molar-refractivity contribution < 1.29 is 4.79 Å². The fourth-order valence-corrected chi connectivity index (χ4v) is 1.41. The molecule has 0 saturated heterocycles. The molecule has 0 unspecified atom stereocenters. The van der Waals surface area contributed by atoms with Gasteiger partial charge in [0.05, 0.1) is 0 Å². The van der Waals surface area contributed by atoms with Crippen molar-refractivity contribution >= 4 is 17.5 Å². The first-order chi connectivity index (χ1) is 7.65. The second kappa shape index (κ2) is 6.33. The smallest absolute Gasteiger partial charge is 0.251 e. The molecule has 0 heterocycles. The lowest BCUT2D eigenvalue weighted by atomic mass is 10.1. The Labute approximate surface area is 101 Å². The quantitative estimate of drug-likeness (QED) is 0.633. The van der Waals surface area contributed by atoms with Crippen LogP contribution in [0.5, 0.6) is 0 Å². The van der Waals surface area contributed by atoms with Crippen molar-refractivity contribution in [1.29, 1.82) is 0 Å². The van der Waals surface area contributed by atoms with Gasteiger partial charge in [-0.3, -0.25) is 4.79 Å². The minimum atomic E-state index is -0.0534. The first kappa shape index (κ1) is 12.8. The van der Waals surface area contributed by atoms with E-state index in [2.05, 4.69) is 5.32 Å². The number of allylic oxidation sites excluding steroid dienone is 1. The second-order valence-corrected chi connectivity index (χ2v) is 3.94. The van der Waals surface area contributed by atoms with Gasteiger partial charge in [0.1, 0.15) is 0 Å². The molecule has 0 spiro atoms. The number of benzene rings is 1. The van der Waals surface area contributed by atoms with Gasteiger partial charge in [-0.2, -0.15) is 0 Å². The summed E-state index contributed by atoms with van der Waals surface area (Å²) in [5.41, 5.74) is 3.02. The van der Waals surface area contributed by atoms with Crippen LogP contribution in [0.1, 0.15) is 21.5 Å². The molecule has 16 heavy (non-hydrogen) atoms. The third-order valence-corrected chi connectivity index (χ3v) is 2.58. The maximum Gasteiger partial charge on any atom is 0.251 e. The Balaban J connectivity index is 2.59. The Bertz CT molecular complexity index is 399. The number of carbonyl (C=O) groups is 1. The number of aryl methyl sites for hydroxylation is 2. The van der Waals surface area contributed by atoms with Crippen LogP contribution in [0, 0.1) is 13.8 Å². The van der Waals surface area contributed by atoms with Gasteiger partial charge in [0.2, 0.25) is 0 Å². The number of hydrogen-bond acceptors (Lipinski definition) is 1. The van der Waals surface area contributed by atoms with Crippen LogP contribution >= 0.6 is 11.6 Å². The Kier molecular flexibility index (Phi) is 5.06. The third kappa shape index (κ3) is 3.70. The molecular formula is C13H16ClNO. The molecule has 0 fully saturated rings. The highest BCUT2D eigenvalue weighted by Crippen LogP contribution is 2.09. The molecule has 1 aromatic carbocycles. The summed E-state index contributed by atoms with van der Waals surface area (Å²) in [4.78, 5) is 11.7. The number of carbonyl (C=O) groups excluding carboxylic acids is 1. The lowest BCUT2D eigenvalue weighted by Gasteiger charge is -2.05. The molecule has 1 N–H and O–H groups in total. The lowest BCUT2D eigenvalue weighted by molar-refractivity contribution is 0.0958. The van der Waals surface area contributed by atoms with Gasteiger partial charge in [0.15, 0.2) is 0 Å². The highest BCUT2D eigenvalue weighted by atomic mass is 35.5. The SMILES string of the molecule is Cc1ccc(C(=O)NC/C=C/CCl)cc1C. The van der Waals surface area contributed by atoms with E-state index in [1.54, 1.807) is 0 Å². The van der Waals surface area contributed by atoms with Gasteiger partial charge >= 0.3 is 0 Å². The van der Waals surface area contributed by atoms with E-state index in [9.17, 15) is 4.79 Å². The second-order valence-electron chi connectivity index (χ2n) is 3.63. The minimum Gasteiger partial charge on any atom is -0.349 e. The molecule has 0 atom stereocenters. The van der Waals surface area contributed by atoms with E-state index < -0.39 is 0 Å². The van der Waals surface area contributed by atoms with Crippen LogP contribution in [0.15, 0.2) is 30.4 Å². The fraction of sp³-hybridized carbons (Fsp3) is 0.308. The summed E-state index contributed by atoms with van der Waals surface area (Å²) in [6.07, 6.45) is 3.65. The number of nitrogens with one attached hydrogen (secondary N) is 1. The average Bonchev–Trinajstić information content (AvgIpc) is 2.28. The van der Waals surface area contributed by atoms with E-state index in [-0.39, 0.29) is 5.91 Å². The van der Waals surface area contributed by atoms with Gasteiger partial charge in [0, 0.05) is 18.0 Å². The first-order valence-corrected chi connectivity index (χ1v) is 5.75. The molecule has 1 aromatic rings. The highest BCUT2D eigenvalue weighted by molar-refractivity contribution is 6.18. The summed E-state index contributed by atoms with van der Waals surface area (Å²) < 4.78 is 0. The fourth-order valence-electron chi connectivity index (χ4n) is 1.28. The Morgan fingerprint density at radius 3 is 2.69 bits per heavy atom. The summed E-state index contributed by atoms with van der Waals surface area (Å²) in [5, 5.41) is 2.80. The van der Waals surface area contributed by atoms with Crippen molar-refractivity contribution in [2.45, 2.75) is 13.8 Å². The van der Waals surface area contributed by atoms with E-state index in [1.807, 2.05) is 44.2 Å². The zero-order valence-corrected chi connectivity index (χ0v) is 10.3. The summed E-state index contributed by atoms with van der Waals surface area (Å²) in [7, 11) is 0. The van der Waals surface area contributed by atoms with Gasteiger partial charge in [-0.1, -0.05) is 18.2 Å². The van der Waals surface area contributed by atoms with Crippen LogP contribution in [0.25, 0.3) is 0 Å². The standard InChI is InChI=1S/C13H16ClNO/c1-10-5-6-12(9-11(10)2)13(16)15-8-4-3-7-14/h3-6,9H,7-8H2,1-2H3,(H,15,16)/b4-3+. The van der Waals surface area contributed by atoms with Gasteiger partial charge in [-0.15, -0.1) is 11.6 Å². The van der Waals surface area contributed by atoms with Crippen molar-refractivity contribution in [3.8, 4) is 0 Å². The molecule has 86 valence electrons. The Morgan fingerprint density at radius 1 is 1.31 bits per heavy atom. The molecule has 0 saturated carbocycles. The summed E-state index contributed by atoms with van der Waals surface area (Å²) in [5.74, 6) is 0.418. The summed E-state index contributed by atoms with van der Waals surface area (Å²) in [6.45, 7) is 4.54. The van der Waals surface area contributed by atoms with Crippen LogP contribution in [0.3, 0.4) is 0 Å². The number of amides is 1. The molecule has 1 rings (SSSR count). The summed E-state index contributed by atoms with van der Waals surface area (Å²) >= 11 is 5.47. The number of hydrogen-bond donors (Lipinski definition) is 1. The molecule has 0 aliphatic carbocycles. The normalized spacial score (nSPS) is 10.7. The number of rotatable bonds is 4. The Morgan fingerprint density at radius 2 is 2.06 bits per heavy atom. The van der Waals surface area contributed by atoms with Crippen LogP contribution in [-0.2, 0) is 0 Å². The monoisotopic (exact) mass is 237 g/mol. The van der Waals surface area contributed by atoms with Crippen molar-refractivity contribution in [1.82, 2.24) is 5.32 Å². The van der Waals surface area contributed by atoms with E-state index >= 15 is 0 Å². The maximum atomic E-state index is 11.7. The highest BCUT2D eigenvalue weighted by Gasteiger charge is 2.04. The lowest BCUT2D eigenvalue weighted by Crippen LogP contribution is -2.23. The van der Waals surface area contributed by atoms with E-state index in [1.165, 1.54) is 5.56 Å². The average molecular weight is 238 g/mol. The number of halogens is 1. The largest absolute Gasteiger partial charge is 0.349 e. The summed E-state index contributed by atoms with van der Waals surface area (Å²) in [6, 6.07) is 5.69. The van der Waals surface area contributed by atoms with E-state index in [4.69, 9.17) is 11.6 Å². The maximum absolute atomic E-state index is 11.7. The van der Waals surface area contributed by atoms with Crippen molar-refractivity contribution in [2.24, 2.45) is 0 Å². The van der Waals surface area contributed by atoms with Crippen LogP contribution in [0.2, 0.25) is 0 Å². The molecule has 0 aliphatic rings. The molecule has 2 nitrogen and oxygen atoms in total. The third-order valence-electron chi connectivity index (χ3n) is 2.41. The Hall–Kier alpha value is -1.28. The van der Waals surface area contributed by atoms with E-state index in [0.29, 0.717) is 18.0 Å². The molecule has 0 aliphatic heterocycles.